The van der Waals surface area contributed by atoms with E-state index in [9.17, 15) is 0 Å². The van der Waals surface area contributed by atoms with Crippen molar-refractivity contribution >= 4 is 27.3 Å². The first-order chi connectivity index (χ1) is 8.16. The SMILES string of the molecule is CC(Nc1ccc(N)cc1Br)C1CCCCC1. The lowest BCUT2D eigenvalue weighted by Gasteiger charge is -2.29. The molecule has 2 nitrogen and oxygen atoms in total. The van der Waals surface area contributed by atoms with Crippen LogP contribution in [0.4, 0.5) is 11.4 Å². The highest BCUT2D eigenvalue weighted by molar-refractivity contribution is 9.10. The van der Waals surface area contributed by atoms with E-state index in [0.29, 0.717) is 6.04 Å². The number of nitrogens with two attached hydrogens (primary N) is 1. The summed E-state index contributed by atoms with van der Waals surface area (Å²) >= 11 is 3.56. The van der Waals surface area contributed by atoms with Crippen LogP contribution in [0.5, 0.6) is 0 Å². The number of nitrogen functional groups attached to an aromatic ring is 1. The molecule has 0 heterocycles. The second-order valence-corrected chi connectivity index (χ2v) is 5.92. The first-order valence-corrected chi connectivity index (χ1v) is 7.27. The second-order valence-electron chi connectivity index (χ2n) is 5.07. The molecule has 1 unspecified atom stereocenters. The molecule has 1 aliphatic rings. The van der Waals surface area contributed by atoms with E-state index < -0.39 is 0 Å². The van der Waals surface area contributed by atoms with Crippen molar-refractivity contribution < 1.29 is 0 Å². The average molecular weight is 297 g/mol. The van der Waals surface area contributed by atoms with Crippen LogP contribution < -0.4 is 11.1 Å². The van der Waals surface area contributed by atoms with Crippen molar-refractivity contribution in [2.45, 2.75) is 45.1 Å². The van der Waals surface area contributed by atoms with Gasteiger partial charge in [-0.2, -0.15) is 0 Å². The van der Waals surface area contributed by atoms with Crippen molar-refractivity contribution in [3.8, 4) is 0 Å². The molecular formula is C14H21BrN2. The Bertz CT molecular complexity index is 372. The zero-order chi connectivity index (χ0) is 12.3. The molecule has 1 aliphatic carbocycles. The first-order valence-electron chi connectivity index (χ1n) is 6.48. The Morgan fingerprint density at radius 3 is 2.65 bits per heavy atom. The van der Waals surface area contributed by atoms with Gasteiger partial charge in [0.05, 0.1) is 0 Å². The van der Waals surface area contributed by atoms with Crippen molar-refractivity contribution in [3.05, 3.63) is 22.7 Å². The van der Waals surface area contributed by atoms with Gasteiger partial charge in [-0.15, -0.1) is 0 Å². The summed E-state index contributed by atoms with van der Waals surface area (Å²) in [5, 5.41) is 3.60. The molecule has 0 bridgehead atoms. The van der Waals surface area contributed by atoms with E-state index >= 15 is 0 Å². The number of rotatable bonds is 3. The number of nitrogens with one attached hydrogen (secondary N) is 1. The van der Waals surface area contributed by atoms with Crippen LogP contribution in [0.1, 0.15) is 39.0 Å². The van der Waals surface area contributed by atoms with E-state index in [1.165, 1.54) is 32.1 Å². The molecule has 0 saturated heterocycles. The van der Waals surface area contributed by atoms with Gasteiger partial charge in [0.15, 0.2) is 0 Å². The third-order valence-electron chi connectivity index (χ3n) is 3.73. The summed E-state index contributed by atoms with van der Waals surface area (Å²) < 4.78 is 1.06. The van der Waals surface area contributed by atoms with Crippen molar-refractivity contribution in [2.24, 2.45) is 5.92 Å². The fraction of sp³-hybridized carbons (Fsp3) is 0.571. The Morgan fingerprint density at radius 2 is 2.00 bits per heavy atom. The van der Waals surface area contributed by atoms with Crippen LogP contribution in [0, 0.1) is 5.92 Å². The van der Waals surface area contributed by atoms with Crippen molar-refractivity contribution in [2.75, 3.05) is 11.1 Å². The molecule has 0 aliphatic heterocycles. The van der Waals surface area contributed by atoms with Gasteiger partial charge in [0.1, 0.15) is 0 Å². The van der Waals surface area contributed by atoms with Gasteiger partial charge < -0.3 is 11.1 Å². The summed E-state index contributed by atoms with van der Waals surface area (Å²) in [6.07, 6.45) is 6.91. The molecule has 1 fully saturated rings. The predicted octanol–water partition coefficient (Wildman–Crippen LogP) is 4.41. The minimum absolute atomic E-state index is 0.537. The Labute approximate surface area is 112 Å². The second kappa shape index (κ2) is 5.76. The monoisotopic (exact) mass is 296 g/mol. The van der Waals surface area contributed by atoms with Gasteiger partial charge in [0, 0.05) is 21.9 Å². The fourth-order valence-corrected chi connectivity index (χ4v) is 3.16. The quantitative estimate of drug-likeness (QED) is 0.811. The van der Waals surface area contributed by atoms with Crippen molar-refractivity contribution in [1.82, 2.24) is 0 Å². The lowest BCUT2D eigenvalue weighted by molar-refractivity contribution is 0.328. The standard InChI is InChI=1S/C14H21BrN2/c1-10(11-5-3-2-4-6-11)17-14-8-7-12(16)9-13(14)15/h7-11,17H,2-6,16H2,1H3. The zero-order valence-electron chi connectivity index (χ0n) is 10.4. The summed E-state index contributed by atoms with van der Waals surface area (Å²) in [6.45, 7) is 2.29. The maximum atomic E-state index is 5.74. The molecule has 0 aromatic heterocycles. The highest BCUT2D eigenvalue weighted by atomic mass is 79.9. The number of benzene rings is 1. The van der Waals surface area contributed by atoms with Crippen LogP contribution in [0.25, 0.3) is 0 Å². The van der Waals surface area contributed by atoms with Gasteiger partial charge in [-0.3, -0.25) is 0 Å². The van der Waals surface area contributed by atoms with E-state index in [1.807, 2.05) is 12.1 Å². The summed E-state index contributed by atoms with van der Waals surface area (Å²) in [5.41, 5.74) is 7.69. The van der Waals surface area contributed by atoms with E-state index in [1.54, 1.807) is 0 Å². The molecule has 0 radical (unpaired) electrons. The minimum Gasteiger partial charge on any atom is -0.399 e. The molecular weight excluding hydrogens is 276 g/mol. The lowest BCUT2D eigenvalue weighted by Crippen LogP contribution is -2.27. The molecule has 3 N–H and O–H groups in total. The van der Waals surface area contributed by atoms with Crippen LogP contribution in [0.15, 0.2) is 22.7 Å². The highest BCUT2D eigenvalue weighted by Gasteiger charge is 2.20. The Kier molecular flexibility index (Phi) is 4.32. The topological polar surface area (TPSA) is 38.0 Å². The molecule has 1 saturated carbocycles. The minimum atomic E-state index is 0.537. The van der Waals surface area contributed by atoms with Crippen molar-refractivity contribution in [3.63, 3.8) is 0 Å². The zero-order valence-corrected chi connectivity index (χ0v) is 12.0. The number of halogens is 1. The van der Waals surface area contributed by atoms with Crippen LogP contribution in [-0.2, 0) is 0 Å². The average Bonchev–Trinajstić information content (AvgIpc) is 2.34. The molecule has 2 rings (SSSR count). The normalized spacial score (nSPS) is 18.9. The van der Waals surface area contributed by atoms with Crippen LogP contribution >= 0.6 is 15.9 Å². The molecule has 17 heavy (non-hydrogen) atoms. The molecule has 1 aromatic rings. The molecule has 0 amide bonds. The van der Waals surface area contributed by atoms with E-state index in [4.69, 9.17) is 5.73 Å². The highest BCUT2D eigenvalue weighted by Crippen LogP contribution is 2.30. The van der Waals surface area contributed by atoms with Crippen LogP contribution in [0.3, 0.4) is 0 Å². The molecule has 0 spiro atoms. The van der Waals surface area contributed by atoms with Crippen LogP contribution in [0.2, 0.25) is 0 Å². The number of hydrogen-bond acceptors (Lipinski definition) is 2. The maximum absolute atomic E-state index is 5.74. The lowest BCUT2D eigenvalue weighted by atomic mass is 9.84. The van der Waals surface area contributed by atoms with E-state index in [-0.39, 0.29) is 0 Å². The first kappa shape index (κ1) is 12.7. The van der Waals surface area contributed by atoms with Gasteiger partial charge in [-0.1, -0.05) is 19.3 Å². The maximum Gasteiger partial charge on any atom is 0.0488 e. The number of anilines is 2. The third kappa shape index (κ3) is 3.38. The van der Waals surface area contributed by atoms with E-state index in [0.717, 1.165) is 21.8 Å². The summed E-state index contributed by atoms with van der Waals surface area (Å²) in [7, 11) is 0. The van der Waals surface area contributed by atoms with Gasteiger partial charge >= 0.3 is 0 Å². The molecule has 1 atom stereocenters. The molecule has 3 heteroatoms. The van der Waals surface area contributed by atoms with Gasteiger partial charge in [-0.25, -0.2) is 0 Å². The van der Waals surface area contributed by atoms with E-state index in [2.05, 4.69) is 34.2 Å². The van der Waals surface area contributed by atoms with Crippen molar-refractivity contribution in [1.29, 1.82) is 0 Å². The summed E-state index contributed by atoms with van der Waals surface area (Å²) in [6, 6.07) is 6.49. The summed E-state index contributed by atoms with van der Waals surface area (Å²) in [4.78, 5) is 0. The third-order valence-corrected chi connectivity index (χ3v) is 4.39. The predicted molar refractivity (Wildman–Crippen MR) is 78.2 cm³/mol. The smallest absolute Gasteiger partial charge is 0.0488 e. The Morgan fingerprint density at radius 1 is 1.29 bits per heavy atom. The van der Waals surface area contributed by atoms with Gasteiger partial charge in [-0.05, 0) is 59.8 Å². The Balaban J connectivity index is 1.99. The van der Waals surface area contributed by atoms with Gasteiger partial charge in [0.2, 0.25) is 0 Å². The summed E-state index contributed by atoms with van der Waals surface area (Å²) in [5.74, 6) is 0.813. The Hall–Kier alpha value is -0.700. The molecule has 1 aromatic carbocycles. The fourth-order valence-electron chi connectivity index (χ4n) is 2.65. The largest absolute Gasteiger partial charge is 0.399 e. The van der Waals surface area contributed by atoms with Gasteiger partial charge in [0.25, 0.3) is 0 Å². The van der Waals surface area contributed by atoms with Crippen LogP contribution in [-0.4, -0.2) is 6.04 Å². The molecule has 94 valence electrons. The number of hydrogen-bond donors (Lipinski definition) is 2.